The van der Waals surface area contributed by atoms with E-state index in [4.69, 9.17) is 21.1 Å². The predicted molar refractivity (Wildman–Crippen MR) is 104 cm³/mol. The Kier molecular flexibility index (Phi) is 6.96. The molecule has 1 saturated carbocycles. The minimum atomic E-state index is -0.101. The molecule has 2 aliphatic rings. The highest BCUT2D eigenvalue weighted by Gasteiger charge is 2.30. The van der Waals surface area contributed by atoms with E-state index < -0.39 is 0 Å². The summed E-state index contributed by atoms with van der Waals surface area (Å²) in [5.74, 6) is 0.497. The number of methoxy groups -OCH3 is 1. The first-order valence-electron chi connectivity index (χ1n) is 9.60. The molecule has 0 bridgehead atoms. The van der Waals surface area contributed by atoms with E-state index in [0.717, 1.165) is 32.3 Å². The molecule has 2 amide bonds. The molecule has 1 aliphatic heterocycles. The Bertz CT molecular complexity index is 668. The van der Waals surface area contributed by atoms with Crippen molar-refractivity contribution in [1.29, 1.82) is 0 Å². The zero-order chi connectivity index (χ0) is 19.2. The van der Waals surface area contributed by atoms with Crippen LogP contribution in [0.15, 0.2) is 18.2 Å². The van der Waals surface area contributed by atoms with Crippen molar-refractivity contribution in [3.63, 3.8) is 0 Å². The topological polar surface area (TPSA) is 76.7 Å². The number of anilines is 1. The number of hydrogen-bond acceptors (Lipinski definition) is 4. The monoisotopic (exact) mass is 394 g/mol. The molecule has 1 atom stereocenters. The van der Waals surface area contributed by atoms with Gasteiger partial charge in [0, 0.05) is 30.0 Å². The standard InChI is InChI=1S/C20H27ClN2O4/c1-26-18-9-8-15(21)11-17(18)23-20(25)14-6-4-13(5-7-14)19(24)22-12-16-3-2-10-27-16/h8-9,11,13-14,16H,2-7,10,12H2,1H3,(H,22,24)(H,23,25). The minimum Gasteiger partial charge on any atom is -0.495 e. The van der Waals surface area contributed by atoms with Gasteiger partial charge in [0.25, 0.3) is 0 Å². The Hall–Kier alpha value is -1.79. The third kappa shape index (κ3) is 5.36. The van der Waals surface area contributed by atoms with Crippen molar-refractivity contribution in [3.05, 3.63) is 23.2 Å². The lowest BCUT2D eigenvalue weighted by Crippen LogP contribution is -2.38. The molecule has 27 heavy (non-hydrogen) atoms. The fourth-order valence-corrected chi connectivity index (χ4v) is 3.97. The first-order chi connectivity index (χ1) is 13.1. The normalized spacial score (nSPS) is 25.0. The van der Waals surface area contributed by atoms with Crippen LogP contribution in [0.2, 0.25) is 5.02 Å². The molecule has 1 aromatic rings. The van der Waals surface area contributed by atoms with Gasteiger partial charge >= 0.3 is 0 Å². The fraction of sp³-hybridized carbons (Fsp3) is 0.600. The molecule has 1 saturated heterocycles. The Morgan fingerprint density at radius 2 is 1.85 bits per heavy atom. The van der Waals surface area contributed by atoms with Crippen LogP contribution in [0.5, 0.6) is 5.75 Å². The molecule has 1 aliphatic carbocycles. The molecule has 0 aromatic heterocycles. The van der Waals surface area contributed by atoms with E-state index >= 15 is 0 Å². The number of nitrogens with one attached hydrogen (secondary N) is 2. The van der Waals surface area contributed by atoms with Crippen LogP contribution in [0.3, 0.4) is 0 Å². The van der Waals surface area contributed by atoms with E-state index in [2.05, 4.69) is 10.6 Å². The van der Waals surface area contributed by atoms with Crippen LogP contribution in [-0.2, 0) is 14.3 Å². The van der Waals surface area contributed by atoms with Crippen LogP contribution < -0.4 is 15.4 Å². The predicted octanol–water partition coefficient (Wildman–Crippen LogP) is 3.39. The second-order valence-corrected chi connectivity index (χ2v) is 7.70. The molecule has 6 nitrogen and oxygen atoms in total. The van der Waals surface area contributed by atoms with Crippen molar-refractivity contribution in [3.8, 4) is 5.75 Å². The summed E-state index contributed by atoms with van der Waals surface area (Å²) < 4.78 is 10.8. The number of benzene rings is 1. The van der Waals surface area contributed by atoms with E-state index in [9.17, 15) is 9.59 Å². The summed E-state index contributed by atoms with van der Waals surface area (Å²) in [6, 6.07) is 5.13. The van der Waals surface area contributed by atoms with Gasteiger partial charge in [-0.3, -0.25) is 9.59 Å². The lowest BCUT2D eigenvalue weighted by atomic mass is 9.81. The number of ether oxygens (including phenoxy) is 2. The quantitative estimate of drug-likeness (QED) is 0.775. The molecule has 3 rings (SSSR count). The van der Waals surface area contributed by atoms with Crippen LogP contribution in [0.4, 0.5) is 5.69 Å². The number of carbonyl (C=O) groups excluding carboxylic acids is 2. The van der Waals surface area contributed by atoms with Gasteiger partial charge in [0.15, 0.2) is 0 Å². The van der Waals surface area contributed by atoms with E-state index in [0.29, 0.717) is 35.8 Å². The number of hydrogen-bond donors (Lipinski definition) is 2. The summed E-state index contributed by atoms with van der Waals surface area (Å²) in [7, 11) is 1.55. The highest BCUT2D eigenvalue weighted by atomic mass is 35.5. The van der Waals surface area contributed by atoms with Crippen molar-refractivity contribution in [1.82, 2.24) is 5.32 Å². The summed E-state index contributed by atoms with van der Waals surface area (Å²) in [5.41, 5.74) is 0.575. The summed E-state index contributed by atoms with van der Waals surface area (Å²) in [5, 5.41) is 6.46. The molecule has 0 spiro atoms. The molecule has 1 unspecified atom stereocenters. The van der Waals surface area contributed by atoms with Crippen LogP contribution in [0, 0.1) is 11.8 Å². The maximum absolute atomic E-state index is 12.6. The summed E-state index contributed by atoms with van der Waals surface area (Å²) >= 11 is 6.01. The summed E-state index contributed by atoms with van der Waals surface area (Å²) in [6.45, 7) is 1.38. The average Bonchev–Trinajstić information content (AvgIpc) is 3.20. The van der Waals surface area contributed by atoms with Gasteiger partial charge < -0.3 is 20.1 Å². The van der Waals surface area contributed by atoms with Gasteiger partial charge in [-0.05, 0) is 56.7 Å². The number of rotatable bonds is 6. The van der Waals surface area contributed by atoms with Crippen LogP contribution in [-0.4, -0.2) is 38.2 Å². The van der Waals surface area contributed by atoms with Crippen LogP contribution in [0.25, 0.3) is 0 Å². The fourth-order valence-electron chi connectivity index (χ4n) is 3.79. The third-order valence-corrected chi connectivity index (χ3v) is 5.65. The van der Waals surface area contributed by atoms with Gasteiger partial charge in [-0.1, -0.05) is 11.6 Å². The molecular weight excluding hydrogens is 368 g/mol. The summed E-state index contributed by atoms with van der Waals surface area (Å²) in [6.07, 6.45) is 5.09. The molecule has 1 aromatic carbocycles. The molecule has 1 heterocycles. The number of carbonyl (C=O) groups is 2. The number of amides is 2. The van der Waals surface area contributed by atoms with Gasteiger partial charge in [-0.25, -0.2) is 0 Å². The van der Waals surface area contributed by atoms with E-state index in [1.54, 1.807) is 25.3 Å². The van der Waals surface area contributed by atoms with E-state index in [1.807, 2.05) is 0 Å². The molecule has 7 heteroatoms. The second-order valence-electron chi connectivity index (χ2n) is 7.26. The van der Waals surface area contributed by atoms with Gasteiger partial charge in [-0.2, -0.15) is 0 Å². The highest BCUT2D eigenvalue weighted by Crippen LogP contribution is 2.32. The Balaban J connectivity index is 1.46. The summed E-state index contributed by atoms with van der Waals surface area (Å²) in [4.78, 5) is 24.9. The largest absolute Gasteiger partial charge is 0.495 e. The van der Waals surface area contributed by atoms with Crippen molar-refractivity contribution in [2.24, 2.45) is 11.8 Å². The van der Waals surface area contributed by atoms with Gasteiger partial charge in [0.2, 0.25) is 11.8 Å². The zero-order valence-corrected chi connectivity index (χ0v) is 16.4. The molecule has 2 N–H and O–H groups in total. The van der Waals surface area contributed by atoms with Gasteiger partial charge in [-0.15, -0.1) is 0 Å². The first kappa shape index (κ1) is 20.0. The lowest BCUT2D eigenvalue weighted by molar-refractivity contribution is -0.128. The third-order valence-electron chi connectivity index (χ3n) is 5.42. The molecule has 148 valence electrons. The Morgan fingerprint density at radius 3 is 2.48 bits per heavy atom. The van der Waals surface area contributed by atoms with Crippen molar-refractivity contribution < 1.29 is 19.1 Å². The SMILES string of the molecule is COc1ccc(Cl)cc1NC(=O)C1CCC(C(=O)NCC2CCCO2)CC1. The molecular formula is C20H27ClN2O4. The number of halogens is 1. The average molecular weight is 395 g/mol. The van der Waals surface area contributed by atoms with Crippen molar-refractivity contribution >= 4 is 29.1 Å². The van der Waals surface area contributed by atoms with E-state index in [-0.39, 0.29) is 29.8 Å². The smallest absolute Gasteiger partial charge is 0.227 e. The zero-order valence-electron chi connectivity index (χ0n) is 15.6. The maximum Gasteiger partial charge on any atom is 0.227 e. The Morgan fingerprint density at radius 1 is 1.15 bits per heavy atom. The maximum atomic E-state index is 12.6. The van der Waals surface area contributed by atoms with Gasteiger partial charge in [0.05, 0.1) is 18.9 Å². The highest BCUT2D eigenvalue weighted by molar-refractivity contribution is 6.31. The first-order valence-corrected chi connectivity index (χ1v) is 9.98. The van der Waals surface area contributed by atoms with Gasteiger partial charge in [0.1, 0.15) is 5.75 Å². The Labute approximate surface area is 164 Å². The lowest BCUT2D eigenvalue weighted by Gasteiger charge is -2.27. The van der Waals surface area contributed by atoms with Crippen LogP contribution >= 0.6 is 11.6 Å². The van der Waals surface area contributed by atoms with Crippen LogP contribution in [0.1, 0.15) is 38.5 Å². The second kappa shape index (κ2) is 9.42. The van der Waals surface area contributed by atoms with Crippen molar-refractivity contribution in [2.75, 3.05) is 25.6 Å². The van der Waals surface area contributed by atoms with E-state index in [1.165, 1.54) is 0 Å². The van der Waals surface area contributed by atoms with Crippen molar-refractivity contribution in [2.45, 2.75) is 44.6 Å². The molecule has 0 radical (unpaired) electrons. The molecule has 2 fully saturated rings. The minimum absolute atomic E-state index is 0.0174.